The van der Waals surface area contributed by atoms with Crippen LogP contribution in [0.1, 0.15) is 15.9 Å². The first-order valence-corrected chi connectivity index (χ1v) is 10.4. The molecule has 7 nitrogen and oxygen atoms in total. The van der Waals surface area contributed by atoms with Gasteiger partial charge >= 0.3 is 0 Å². The number of hydrogen-bond donors (Lipinski definition) is 2. The number of carbonyl (C=O) groups is 1. The van der Waals surface area contributed by atoms with E-state index in [1.54, 1.807) is 30.3 Å². The SMILES string of the molecule is C=C(NNC(=O)c1cccc(S(=O)(=O)N2CCOCC2)c1)c1ccc(Cl)cc1. The summed E-state index contributed by atoms with van der Waals surface area (Å²) >= 11 is 5.85. The lowest BCUT2D eigenvalue weighted by Gasteiger charge is -2.26. The summed E-state index contributed by atoms with van der Waals surface area (Å²) in [5, 5.41) is 0.596. The zero-order valence-electron chi connectivity index (χ0n) is 15.0. The molecule has 0 radical (unpaired) electrons. The molecule has 148 valence electrons. The first kappa shape index (κ1) is 20.3. The van der Waals surface area contributed by atoms with Crippen molar-refractivity contribution in [2.75, 3.05) is 26.3 Å². The van der Waals surface area contributed by atoms with Gasteiger partial charge in [0.05, 0.1) is 23.8 Å². The van der Waals surface area contributed by atoms with Crippen LogP contribution in [-0.2, 0) is 14.8 Å². The van der Waals surface area contributed by atoms with Crippen LogP contribution >= 0.6 is 11.6 Å². The molecule has 2 aromatic carbocycles. The Morgan fingerprint density at radius 1 is 1.04 bits per heavy atom. The second-order valence-corrected chi connectivity index (χ2v) is 8.48. The fourth-order valence-electron chi connectivity index (χ4n) is 2.66. The van der Waals surface area contributed by atoms with Crippen molar-refractivity contribution >= 4 is 33.2 Å². The predicted molar refractivity (Wildman–Crippen MR) is 107 cm³/mol. The van der Waals surface area contributed by atoms with Crippen LogP contribution in [0.25, 0.3) is 5.70 Å². The normalized spacial score (nSPS) is 15.0. The van der Waals surface area contributed by atoms with Crippen molar-refractivity contribution in [2.45, 2.75) is 4.90 Å². The van der Waals surface area contributed by atoms with Gasteiger partial charge in [-0.15, -0.1) is 0 Å². The number of amides is 1. The van der Waals surface area contributed by atoms with Crippen LogP contribution in [0, 0.1) is 0 Å². The van der Waals surface area contributed by atoms with Gasteiger partial charge in [0.2, 0.25) is 10.0 Å². The predicted octanol–water partition coefficient (Wildman–Crippen LogP) is 2.27. The van der Waals surface area contributed by atoms with E-state index in [1.165, 1.54) is 22.5 Å². The smallest absolute Gasteiger partial charge is 0.269 e. The maximum absolute atomic E-state index is 12.7. The summed E-state index contributed by atoms with van der Waals surface area (Å²) in [7, 11) is -3.67. The number of ether oxygens (including phenoxy) is 1. The van der Waals surface area contributed by atoms with Crippen molar-refractivity contribution in [3.8, 4) is 0 Å². The summed E-state index contributed by atoms with van der Waals surface area (Å²) in [6.07, 6.45) is 0. The Morgan fingerprint density at radius 3 is 2.39 bits per heavy atom. The van der Waals surface area contributed by atoms with Crippen LogP contribution in [0.3, 0.4) is 0 Å². The number of nitrogens with zero attached hydrogens (tertiary/aromatic N) is 1. The van der Waals surface area contributed by atoms with Crippen LogP contribution in [0.2, 0.25) is 5.02 Å². The van der Waals surface area contributed by atoms with Gasteiger partial charge in [-0.25, -0.2) is 8.42 Å². The molecule has 1 aliphatic heterocycles. The third-order valence-electron chi connectivity index (χ3n) is 4.22. The average Bonchev–Trinajstić information content (AvgIpc) is 2.73. The number of sulfonamides is 1. The molecule has 0 atom stereocenters. The van der Waals surface area contributed by atoms with E-state index in [2.05, 4.69) is 17.4 Å². The summed E-state index contributed by atoms with van der Waals surface area (Å²) in [6, 6.07) is 12.9. The maximum atomic E-state index is 12.7. The number of hydrazine groups is 1. The Balaban J connectivity index is 1.68. The Hall–Kier alpha value is -2.39. The van der Waals surface area contributed by atoms with Crippen molar-refractivity contribution < 1.29 is 17.9 Å². The monoisotopic (exact) mass is 421 g/mol. The van der Waals surface area contributed by atoms with E-state index in [4.69, 9.17) is 16.3 Å². The Labute approximate surface area is 169 Å². The van der Waals surface area contributed by atoms with Crippen LogP contribution in [-0.4, -0.2) is 44.9 Å². The molecule has 0 saturated carbocycles. The fraction of sp³-hybridized carbons (Fsp3) is 0.211. The topological polar surface area (TPSA) is 87.7 Å². The van der Waals surface area contributed by atoms with Gasteiger partial charge in [0.25, 0.3) is 5.91 Å². The van der Waals surface area contributed by atoms with Gasteiger partial charge < -0.3 is 4.74 Å². The molecule has 2 N–H and O–H groups in total. The zero-order valence-corrected chi connectivity index (χ0v) is 16.6. The second kappa shape index (κ2) is 8.74. The molecule has 1 heterocycles. The lowest BCUT2D eigenvalue weighted by Crippen LogP contribution is -2.40. The van der Waals surface area contributed by atoms with Crippen LogP contribution in [0.4, 0.5) is 0 Å². The molecule has 1 amide bonds. The summed E-state index contributed by atoms with van der Waals surface area (Å²) in [4.78, 5) is 12.5. The molecular formula is C19H20ClN3O4S. The summed E-state index contributed by atoms with van der Waals surface area (Å²) in [6.45, 7) is 5.16. The van der Waals surface area contributed by atoms with Crippen molar-refractivity contribution in [2.24, 2.45) is 0 Å². The molecule has 2 aromatic rings. The number of nitrogens with one attached hydrogen (secondary N) is 2. The molecule has 1 aliphatic rings. The second-order valence-electron chi connectivity index (χ2n) is 6.11. The van der Waals surface area contributed by atoms with E-state index in [9.17, 15) is 13.2 Å². The van der Waals surface area contributed by atoms with Crippen molar-refractivity contribution in [3.63, 3.8) is 0 Å². The van der Waals surface area contributed by atoms with Crippen molar-refractivity contribution in [3.05, 3.63) is 71.3 Å². The highest BCUT2D eigenvalue weighted by Crippen LogP contribution is 2.18. The van der Waals surface area contributed by atoms with Gasteiger partial charge in [0.15, 0.2) is 0 Å². The largest absolute Gasteiger partial charge is 0.379 e. The maximum Gasteiger partial charge on any atom is 0.269 e. The first-order valence-electron chi connectivity index (χ1n) is 8.57. The molecule has 0 aliphatic carbocycles. The number of carbonyl (C=O) groups excluding carboxylic acids is 1. The molecule has 1 fully saturated rings. The van der Waals surface area contributed by atoms with E-state index in [1.807, 2.05) is 0 Å². The van der Waals surface area contributed by atoms with E-state index in [-0.39, 0.29) is 10.5 Å². The zero-order chi connectivity index (χ0) is 20.1. The lowest BCUT2D eigenvalue weighted by atomic mass is 10.2. The van der Waals surface area contributed by atoms with Gasteiger partial charge in [-0.05, 0) is 35.9 Å². The molecule has 0 spiro atoms. The molecule has 0 unspecified atom stereocenters. The number of benzene rings is 2. The van der Waals surface area contributed by atoms with E-state index in [0.717, 1.165) is 5.56 Å². The molecule has 0 aromatic heterocycles. The highest BCUT2D eigenvalue weighted by Gasteiger charge is 2.26. The molecule has 9 heteroatoms. The Morgan fingerprint density at radius 2 is 1.71 bits per heavy atom. The quantitative estimate of drug-likeness (QED) is 0.698. The number of halogens is 1. The summed E-state index contributed by atoms with van der Waals surface area (Å²) in [5.74, 6) is -0.478. The van der Waals surface area contributed by atoms with Gasteiger partial charge in [-0.1, -0.05) is 36.4 Å². The highest BCUT2D eigenvalue weighted by atomic mass is 35.5. The lowest BCUT2D eigenvalue weighted by molar-refractivity contribution is 0.0730. The number of morpholine rings is 1. The first-order chi connectivity index (χ1) is 13.4. The van der Waals surface area contributed by atoms with Gasteiger partial charge in [0.1, 0.15) is 0 Å². The molecule has 1 saturated heterocycles. The van der Waals surface area contributed by atoms with Crippen LogP contribution < -0.4 is 10.9 Å². The van der Waals surface area contributed by atoms with Crippen LogP contribution in [0.5, 0.6) is 0 Å². The minimum absolute atomic E-state index is 0.0681. The van der Waals surface area contributed by atoms with Crippen molar-refractivity contribution in [1.82, 2.24) is 15.2 Å². The third kappa shape index (κ3) is 4.71. The van der Waals surface area contributed by atoms with E-state index in [0.29, 0.717) is 37.0 Å². The summed E-state index contributed by atoms with van der Waals surface area (Å²) < 4.78 is 32.0. The Bertz CT molecular complexity index is 971. The number of rotatable bonds is 6. The van der Waals surface area contributed by atoms with Crippen LogP contribution in [0.15, 0.2) is 60.0 Å². The molecule has 28 heavy (non-hydrogen) atoms. The van der Waals surface area contributed by atoms with E-state index < -0.39 is 15.9 Å². The molecule has 3 rings (SSSR count). The van der Waals surface area contributed by atoms with Gasteiger partial charge in [-0.2, -0.15) is 4.31 Å². The van der Waals surface area contributed by atoms with Gasteiger partial charge in [0, 0.05) is 23.7 Å². The highest BCUT2D eigenvalue weighted by molar-refractivity contribution is 7.89. The standard InChI is InChI=1S/C19H20ClN3O4S/c1-14(15-5-7-17(20)8-6-15)21-22-19(24)16-3-2-4-18(13-16)28(25,26)23-9-11-27-12-10-23/h2-8,13,21H,1,9-12H2,(H,22,24). The van der Waals surface area contributed by atoms with E-state index >= 15 is 0 Å². The average molecular weight is 422 g/mol. The Kier molecular flexibility index (Phi) is 6.35. The molecular weight excluding hydrogens is 402 g/mol. The number of hydrogen-bond acceptors (Lipinski definition) is 5. The van der Waals surface area contributed by atoms with Gasteiger partial charge in [-0.3, -0.25) is 15.6 Å². The fourth-order valence-corrected chi connectivity index (χ4v) is 4.24. The third-order valence-corrected chi connectivity index (χ3v) is 6.37. The minimum atomic E-state index is -3.67. The van der Waals surface area contributed by atoms with Crippen molar-refractivity contribution in [1.29, 1.82) is 0 Å². The molecule has 0 bridgehead atoms. The minimum Gasteiger partial charge on any atom is -0.379 e. The summed E-state index contributed by atoms with van der Waals surface area (Å²) in [5.41, 5.74) is 6.69.